The Kier molecular flexibility index (Phi) is 6.75. The highest BCUT2D eigenvalue weighted by molar-refractivity contribution is 9.10. The Morgan fingerprint density at radius 2 is 1.71 bits per heavy atom. The van der Waals surface area contributed by atoms with Gasteiger partial charge < -0.3 is 14.2 Å². The fourth-order valence-electron chi connectivity index (χ4n) is 1.79. The molecule has 0 aliphatic carbocycles. The SMILES string of the molecule is CCOP(=O)(OCC)[C@@](C)(O)CC(=O)c1ccc(Br)cc1. The Morgan fingerprint density at radius 1 is 1.24 bits per heavy atom. The molecule has 0 amide bonds. The topological polar surface area (TPSA) is 72.8 Å². The van der Waals surface area contributed by atoms with Gasteiger partial charge >= 0.3 is 7.60 Å². The number of aliphatic hydroxyl groups is 1. The number of hydrogen-bond acceptors (Lipinski definition) is 5. The summed E-state index contributed by atoms with van der Waals surface area (Å²) in [7, 11) is -3.78. The molecule has 0 saturated heterocycles. The van der Waals surface area contributed by atoms with Crippen LogP contribution in [-0.4, -0.2) is 29.4 Å². The largest absolute Gasteiger partial charge is 0.377 e. The fraction of sp³-hybridized carbons (Fsp3) is 0.500. The Morgan fingerprint density at radius 3 is 2.14 bits per heavy atom. The van der Waals surface area contributed by atoms with Gasteiger partial charge in [-0.05, 0) is 32.9 Å². The first-order valence-corrected chi connectivity index (χ1v) is 8.99. The van der Waals surface area contributed by atoms with Crippen LogP contribution in [0.2, 0.25) is 0 Å². The quantitative estimate of drug-likeness (QED) is 0.546. The molecule has 118 valence electrons. The number of halogens is 1. The van der Waals surface area contributed by atoms with Crippen molar-refractivity contribution in [3.8, 4) is 0 Å². The zero-order valence-corrected chi connectivity index (χ0v) is 14.8. The molecule has 0 aromatic heterocycles. The lowest BCUT2D eigenvalue weighted by atomic mass is 10.1. The molecule has 0 fully saturated rings. The van der Waals surface area contributed by atoms with Gasteiger partial charge in [0.05, 0.1) is 19.6 Å². The first-order valence-electron chi connectivity index (χ1n) is 6.66. The summed E-state index contributed by atoms with van der Waals surface area (Å²) in [5, 5.41) is 8.57. The second kappa shape index (κ2) is 7.65. The van der Waals surface area contributed by atoms with E-state index in [9.17, 15) is 14.5 Å². The molecule has 1 atom stereocenters. The second-order valence-corrected chi connectivity index (χ2v) is 8.05. The zero-order chi connectivity index (χ0) is 16.1. The molecule has 1 aromatic carbocycles. The Bertz CT molecular complexity index is 517. The van der Waals surface area contributed by atoms with Gasteiger partial charge in [0.15, 0.2) is 11.1 Å². The Balaban J connectivity index is 2.94. The van der Waals surface area contributed by atoms with Crippen molar-refractivity contribution in [2.75, 3.05) is 13.2 Å². The van der Waals surface area contributed by atoms with E-state index in [1.165, 1.54) is 6.92 Å². The molecule has 0 radical (unpaired) electrons. The van der Waals surface area contributed by atoms with Crippen molar-refractivity contribution in [3.05, 3.63) is 34.3 Å². The molecule has 0 saturated carbocycles. The van der Waals surface area contributed by atoms with Crippen molar-refractivity contribution in [1.82, 2.24) is 0 Å². The maximum atomic E-state index is 12.6. The summed E-state index contributed by atoms with van der Waals surface area (Å²) >= 11 is 3.28. The third-order valence-electron chi connectivity index (χ3n) is 2.85. The van der Waals surface area contributed by atoms with Crippen LogP contribution in [0.3, 0.4) is 0 Å². The molecular weight excluding hydrogens is 359 g/mol. The van der Waals surface area contributed by atoms with Gasteiger partial charge in [-0.1, -0.05) is 28.1 Å². The lowest BCUT2D eigenvalue weighted by molar-refractivity contribution is 0.0627. The molecule has 5 nitrogen and oxygen atoms in total. The van der Waals surface area contributed by atoms with Gasteiger partial charge in [0, 0.05) is 10.0 Å². The maximum Gasteiger partial charge on any atom is 0.362 e. The van der Waals surface area contributed by atoms with Crippen molar-refractivity contribution in [2.24, 2.45) is 0 Å². The second-order valence-electron chi connectivity index (χ2n) is 4.66. The average Bonchev–Trinajstić information content (AvgIpc) is 2.39. The van der Waals surface area contributed by atoms with E-state index in [4.69, 9.17) is 9.05 Å². The zero-order valence-electron chi connectivity index (χ0n) is 12.3. The maximum absolute atomic E-state index is 12.6. The van der Waals surface area contributed by atoms with Crippen molar-refractivity contribution in [3.63, 3.8) is 0 Å². The number of hydrogen-bond donors (Lipinski definition) is 1. The highest BCUT2D eigenvalue weighted by Gasteiger charge is 2.47. The highest BCUT2D eigenvalue weighted by atomic mass is 79.9. The smallest absolute Gasteiger partial charge is 0.362 e. The van der Waals surface area contributed by atoms with E-state index in [0.717, 1.165) is 4.47 Å². The van der Waals surface area contributed by atoms with Crippen LogP contribution in [0.25, 0.3) is 0 Å². The van der Waals surface area contributed by atoms with Gasteiger partial charge in [-0.25, -0.2) is 0 Å². The van der Waals surface area contributed by atoms with Crippen molar-refractivity contribution in [1.29, 1.82) is 0 Å². The van der Waals surface area contributed by atoms with Crippen LogP contribution in [0.4, 0.5) is 0 Å². The van der Waals surface area contributed by atoms with E-state index in [-0.39, 0.29) is 25.4 Å². The van der Waals surface area contributed by atoms with Crippen molar-refractivity contribution in [2.45, 2.75) is 32.5 Å². The van der Waals surface area contributed by atoms with Crippen LogP contribution in [0.1, 0.15) is 37.6 Å². The first kappa shape index (κ1) is 18.5. The summed E-state index contributed by atoms with van der Waals surface area (Å²) in [6.07, 6.45) is -0.341. The number of carbonyl (C=O) groups excluding carboxylic acids is 1. The average molecular weight is 379 g/mol. The summed E-state index contributed by atoms with van der Waals surface area (Å²) in [4.78, 5) is 12.2. The van der Waals surface area contributed by atoms with E-state index in [1.807, 2.05) is 0 Å². The highest BCUT2D eigenvalue weighted by Crippen LogP contribution is 2.60. The summed E-state index contributed by atoms with van der Waals surface area (Å²) in [6, 6.07) is 6.73. The van der Waals surface area contributed by atoms with E-state index in [2.05, 4.69) is 15.9 Å². The fourth-order valence-corrected chi connectivity index (χ4v) is 3.71. The normalized spacial score (nSPS) is 14.7. The van der Waals surface area contributed by atoms with Crippen LogP contribution in [0.15, 0.2) is 28.7 Å². The van der Waals surface area contributed by atoms with E-state index in [1.54, 1.807) is 38.1 Å². The molecule has 1 rings (SSSR count). The minimum absolute atomic E-state index is 0.125. The molecule has 0 bridgehead atoms. The van der Waals surface area contributed by atoms with Gasteiger partial charge in [-0.2, -0.15) is 0 Å². The molecule has 0 aliphatic heterocycles. The summed E-state index contributed by atoms with van der Waals surface area (Å²) in [5.41, 5.74) is 0.429. The standard InChI is InChI=1S/C14H20BrO5P/c1-4-19-21(18,20-5-2)14(3,17)10-13(16)11-6-8-12(15)9-7-11/h6-9,17H,4-5,10H2,1-3H3/t14-/m1/s1. The number of benzene rings is 1. The molecule has 1 N–H and O–H groups in total. The molecule has 21 heavy (non-hydrogen) atoms. The van der Waals surface area contributed by atoms with Gasteiger partial charge in [-0.3, -0.25) is 9.36 Å². The van der Waals surface area contributed by atoms with Crippen LogP contribution in [0.5, 0.6) is 0 Å². The predicted octanol–water partition coefficient (Wildman–Crippen LogP) is 4.00. The lowest BCUT2D eigenvalue weighted by Gasteiger charge is -2.30. The van der Waals surface area contributed by atoms with Gasteiger partial charge in [0.25, 0.3) is 0 Å². The molecule has 0 aliphatic rings. The molecular formula is C14H20BrO5P. The monoisotopic (exact) mass is 378 g/mol. The number of rotatable bonds is 8. The van der Waals surface area contributed by atoms with Crippen LogP contribution in [0, 0.1) is 0 Å². The van der Waals surface area contributed by atoms with Gasteiger partial charge in [0.2, 0.25) is 0 Å². The van der Waals surface area contributed by atoms with Crippen molar-refractivity contribution >= 4 is 29.3 Å². The molecule has 0 unspecified atom stereocenters. The van der Waals surface area contributed by atoms with Gasteiger partial charge in [0.1, 0.15) is 0 Å². The third-order valence-corrected chi connectivity index (χ3v) is 5.91. The predicted molar refractivity (Wildman–Crippen MR) is 84.6 cm³/mol. The van der Waals surface area contributed by atoms with Crippen LogP contribution < -0.4 is 0 Å². The first-order chi connectivity index (χ1) is 9.75. The summed E-state index contributed by atoms with van der Waals surface area (Å²) < 4.78 is 23.7. The Hall–Kier alpha value is -0.520. The minimum atomic E-state index is -3.78. The van der Waals surface area contributed by atoms with E-state index < -0.39 is 12.9 Å². The number of carbonyl (C=O) groups is 1. The van der Waals surface area contributed by atoms with Gasteiger partial charge in [-0.15, -0.1) is 0 Å². The van der Waals surface area contributed by atoms with E-state index in [0.29, 0.717) is 5.56 Å². The lowest BCUT2D eigenvalue weighted by Crippen LogP contribution is -2.30. The third kappa shape index (κ3) is 4.73. The molecule has 0 spiro atoms. The molecule has 1 aromatic rings. The summed E-state index contributed by atoms with van der Waals surface area (Å²) in [5.74, 6) is -0.327. The molecule has 0 heterocycles. The van der Waals surface area contributed by atoms with Crippen molar-refractivity contribution < 1.29 is 23.5 Å². The molecule has 7 heteroatoms. The minimum Gasteiger partial charge on any atom is -0.377 e. The number of Topliss-reactive ketones (excluding diaryl/α,β-unsaturated/α-hetero) is 1. The Labute approximate surface area is 133 Å². The summed E-state index contributed by atoms with van der Waals surface area (Å²) in [6.45, 7) is 4.85. The van der Waals surface area contributed by atoms with E-state index >= 15 is 0 Å². The number of ketones is 1. The van der Waals surface area contributed by atoms with Crippen LogP contribution >= 0.6 is 23.5 Å². The van der Waals surface area contributed by atoms with Crippen LogP contribution in [-0.2, 0) is 13.6 Å².